The van der Waals surface area contributed by atoms with Gasteiger partial charge in [-0.25, -0.2) is 0 Å². The molecule has 2 amide bonds. The molecule has 0 saturated carbocycles. The van der Waals surface area contributed by atoms with Gasteiger partial charge in [0.1, 0.15) is 0 Å². The number of rotatable bonds is 8. The van der Waals surface area contributed by atoms with E-state index in [2.05, 4.69) is 20.9 Å². The van der Waals surface area contributed by atoms with Crippen molar-refractivity contribution in [3.63, 3.8) is 0 Å². The normalized spacial score (nSPS) is 11.5. The molecule has 32 heavy (non-hydrogen) atoms. The number of amides is 2. The highest BCUT2D eigenvalue weighted by molar-refractivity contribution is 7.12. The van der Waals surface area contributed by atoms with Gasteiger partial charge in [0.25, 0.3) is 5.91 Å². The summed E-state index contributed by atoms with van der Waals surface area (Å²) in [6, 6.07) is 26.1. The fourth-order valence-electron chi connectivity index (χ4n) is 3.22. The van der Waals surface area contributed by atoms with Gasteiger partial charge in [-0.05, 0) is 53.4 Å². The van der Waals surface area contributed by atoms with Crippen LogP contribution in [0.1, 0.15) is 27.0 Å². The molecule has 2 aromatic carbocycles. The highest BCUT2D eigenvalue weighted by atomic mass is 32.1. The van der Waals surface area contributed by atoms with Crippen molar-refractivity contribution in [2.75, 3.05) is 17.2 Å². The van der Waals surface area contributed by atoms with Gasteiger partial charge < -0.3 is 10.6 Å². The number of nitrogens with one attached hydrogen (secondary N) is 3. The van der Waals surface area contributed by atoms with Crippen LogP contribution in [0.2, 0.25) is 0 Å². The van der Waals surface area contributed by atoms with Crippen molar-refractivity contribution in [1.82, 2.24) is 10.3 Å². The Morgan fingerprint density at radius 2 is 1.53 bits per heavy atom. The molecule has 0 bridgehead atoms. The lowest BCUT2D eigenvalue weighted by atomic mass is 10.0. The minimum atomic E-state index is -0.196. The lowest BCUT2D eigenvalue weighted by Crippen LogP contribution is -2.32. The van der Waals surface area contributed by atoms with Crippen molar-refractivity contribution < 1.29 is 9.59 Å². The first-order valence-corrected chi connectivity index (χ1v) is 11.0. The van der Waals surface area contributed by atoms with Crippen LogP contribution in [0.5, 0.6) is 0 Å². The summed E-state index contributed by atoms with van der Waals surface area (Å²) in [5.41, 5.74) is 3.20. The highest BCUT2D eigenvalue weighted by Gasteiger charge is 2.16. The number of anilines is 2. The van der Waals surface area contributed by atoms with E-state index in [-0.39, 0.29) is 24.4 Å². The first-order valence-electron chi connectivity index (χ1n) is 10.1. The van der Waals surface area contributed by atoms with Crippen molar-refractivity contribution in [3.8, 4) is 0 Å². The summed E-state index contributed by atoms with van der Waals surface area (Å²) in [6.07, 6.45) is 1.74. The van der Waals surface area contributed by atoms with Gasteiger partial charge in [0.2, 0.25) is 5.91 Å². The predicted octanol–water partition coefficient (Wildman–Crippen LogP) is 4.71. The van der Waals surface area contributed by atoms with Crippen LogP contribution in [0, 0.1) is 0 Å². The van der Waals surface area contributed by atoms with Gasteiger partial charge in [0, 0.05) is 17.6 Å². The zero-order valence-electron chi connectivity index (χ0n) is 17.2. The van der Waals surface area contributed by atoms with E-state index in [1.54, 1.807) is 36.5 Å². The van der Waals surface area contributed by atoms with Crippen molar-refractivity contribution >= 4 is 34.5 Å². The molecule has 0 radical (unpaired) electrons. The molecule has 1 atom stereocenters. The summed E-state index contributed by atoms with van der Waals surface area (Å²) >= 11 is 1.39. The molecule has 3 N–H and O–H groups in total. The third-order valence-electron chi connectivity index (χ3n) is 4.75. The number of hydrogen-bond donors (Lipinski definition) is 3. The molecule has 0 aliphatic heterocycles. The number of benzene rings is 2. The smallest absolute Gasteiger partial charge is 0.265 e. The molecule has 6 nitrogen and oxygen atoms in total. The summed E-state index contributed by atoms with van der Waals surface area (Å²) in [5, 5.41) is 10.9. The quantitative estimate of drug-likeness (QED) is 0.369. The van der Waals surface area contributed by atoms with Crippen LogP contribution in [-0.4, -0.2) is 23.3 Å². The van der Waals surface area contributed by atoms with Gasteiger partial charge >= 0.3 is 0 Å². The minimum Gasteiger partial charge on any atom is -0.325 e. The van der Waals surface area contributed by atoms with Gasteiger partial charge in [-0.1, -0.05) is 42.5 Å². The van der Waals surface area contributed by atoms with E-state index >= 15 is 0 Å². The lowest BCUT2D eigenvalue weighted by Gasteiger charge is -2.18. The minimum absolute atomic E-state index is 0.118. The van der Waals surface area contributed by atoms with Crippen LogP contribution >= 0.6 is 11.3 Å². The SMILES string of the molecule is O=C(CNC(c1ccccc1)c1ccccn1)Nc1ccc(NC(=O)c2cccs2)cc1. The van der Waals surface area contributed by atoms with Crippen LogP contribution in [0.25, 0.3) is 0 Å². The van der Waals surface area contributed by atoms with Gasteiger partial charge in [0.05, 0.1) is 23.2 Å². The van der Waals surface area contributed by atoms with Crippen LogP contribution in [0.15, 0.2) is 96.5 Å². The van der Waals surface area contributed by atoms with Crippen LogP contribution in [-0.2, 0) is 4.79 Å². The van der Waals surface area contributed by atoms with E-state index in [4.69, 9.17) is 0 Å². The molecule has 0 aliphatic rings. The monoisotopic (exact) mass is 442 g/mol. The predicted molar refractivity (Wildman–Crippen MR) is 128 cm³/mol. The molecule has 160 valence electrons. The van der Waals surface area contributed by atoms with E-state index in [9.17, 15) is 9.59 Å². The van der Waals surface area contributed by atoms with Crippen molar-refractivity contribution in [3.05, 3.63) is 113 Å². The first-order chi connectivity index (χ1) is 15.7. The summed E-state index contributed by atoms with van der Waals surface area (Å²) < 4.78 is 0. The second-order valence-electron chi connectivity index (χ2n) is 7.04. The van der Waals surface area contributed by atoms with Gasteiger partial charge in [-0.15, -0.1) is 11.3 Å². The summed E-state index contributed by atoms with van der Waals surface area (Å²) in [6.45, 7) is 0.118. The first kappa shape index (κ1) is 21.4. The van der Waals surface area contributed by atoms with Gasteiger partial charge in [-0.3, -0.25) is 19.9 Å². The van der Waals surface area contributed by atoms with Crippen molar-refractivity contribution in [1.29, 1.82) is 0 Å². The van der Waals surface area contributed by atoms with Gasteiger partial charge in [0.15, 0.2) is 0 Å². The Balaban J connectivity index is 1.35. The maximum Gasteiger partial charge on any atom is 0.265 e. The molecule has 2 aromatic heterocycles. The van der Waals surface area contributed by atoms with Crippen LogP contribution in [0.3, 0.4) is 0 Å². The van der Waals surface area contributed by atoms with Crippen molar-refractivity contribution in [2.24, 2.45) is 0 Å². The van der Waals surface area contributed by atoms with Gasteiger partial charge in [-0.2, -0.15) is 0 Å². The Morgan fingerprint density at radius 1 is 0.812 bits per heavy atom. The molecular weight excluding hydrogens is 420 g/mol. The largest absolute Gasteiger partial charge is 0.325 e. The molecule has 2 heterocycles. The zero-order chi connectivity index (χ0) is 22.2. The molecule has 1 unspecified atom stereocenters. The maximum absolute atomic E-state index is 12.5. The summed E-state index contributed by atoms with van der Waals surface area (Å²) in [4.78, 5) is 29.8. The zero-order valence-corrected chi connectivity index (χ0v) is 18.0. The Morgan fingerprint density at radius 3 is 2.19 bits per heavy atom. The van der Waals surface area contributed by atoms with Crippen molar-refractivity contribution in [2.45, 2.75) is 6.04 Å². The van der Waals surface area contributed by atoms with Crippen LogP contribution < -0.4 is 16.0 Å². The molecule has 4 rings (SSSR count). The molecule has 7 heteroatoms. The Labute approximate surface area is 190 Å². The number of carbonyl (C=O) groups is 2. The summed E-state index contributed by atoms with van der Waals surface area (Å²) in [7, 11) is 0. The number of pyridine rings is 1. The third kappa shape index (κ3) is 5.66. The maximum atomic E-state index is 12.5. The molecular formula is C25H22N4O2S. The topological polar surface area (TPSA) is 83.1 Å². The Bertz CT molecular complexity index is 1110. The second kappa shape index (κ2) is 10.5. The average molecular weight is 443 g/mol. The molecule has 4 aromatic rings. The lowest BCUT2D eigenvalue weighted by molar-refractivity contribution is -0.115. The van der Waals surface area contributed by atoms with E-state index in [1.807, 2.05) is 60.0 Å². The molecule has 0 saturated heterocycles. The molecule has 0 fully saturated rings. The molecule has 0 spiro atoms. The van der Waals surface area contributed by atoms with E-state index in [0.29, 0.717) is 16.3 Å². The van der Waals surface area contributed by atoms with E-state index in [1.165, 1.54) is 11.3 Å². The molecule has 0 aliphatic carbocycles. The second-order valence-corrected chi connectivity index (χ2v) is 7.98. The summed E-state index contributed by atoms with van der Waals surface area (Å²) in [5.74, 6) is -0.320. The Kier molecular flexibility index (Phi) is 7.01. The fourth-order valence-corrected chi connectivity index (χ4v) is 3.84. The number of aromatic nitrogens is 1. The number of thiophene rings is 1. The van der Waals surface area contributed by atoms with E-state index < -0.39 is 0 Å². The average Bonchev–Trinajstić information content (AvgIpc) is 3.37. The Hall–Kier alpha value is -3.81. The highest BCUT2D eigenvalue weighted by Crippen LogP contribution is 2.20. The number of hydrogen-bond acceptors (Lipinski definition) is 5. The third-order valence-corrected chi connectivity index (χ3v) is 5.62. The standard InChI is InChI=1S/C25H22N4O2S/c30-23(17-27-24(18-7-2-1-3-8-18)21-9-4-5-15-26-21)28-19-11-13-20(14-12-19)29-25(31)22-10-6-16-32-22/h1-16,24,27H,17H2,(H,28,30)(H,29,31). The van der Waals surface area contributed by atoms with E-state index in [0.717, 1.165) is 11.3 Å². The van der Waals surface area contributed by atoms with Crippen LogP contribution in [0.4, 0.5) is 11.4 Å². The fraction of sp³-hybridized carbons (Fsp3) is 0.0800. The number of carbonyl (C=O) groups excluding carboxylic acids is 2. The number of nitrogens with zero attached hydrogens (tertiary/aromatic N) is 1.